The minimum Gasteiger partial charge on any atom is -0.345 e. The number of likely N-dealkylation sites (tertiary alicyclic amines) is 1. The van der Waals surface area contributed by atoms with Crippen molar-refractivity contribution in [2.24, 2.45) is 7.05 Å². The largest absolute Gasteiger partial charge is 0.345 e. The van der Waals surface area contributed by atoms with Crippen LogP contribution >= 0.6 is 0 Å². The molecule has 2 fully saturated rings. The van der Waals surface area contributed by atoms with Crippen LogP contribution in [0.3, 0.4) is 0 Å². The van der Waals surface area contributed by atoms with Crippen LogP contribution in [0.5, 0.6) is 0 Å². The molecule has 0 saturated carbocycles. The molecule has 1 N–H and O–H groups in total. The summed E-state index contributed by atoms with van der Waals surface area (Å²) in [5.41, 5.74) is 1.09. The molecule has 8 nitrogen and oxygen atoms in total. The number of benzene rings is 1. The highest BCUT2D eigenvalue weighted by molar-refractivity contribution is 7.89. The van der Waals surface area contributed by atoms with E-state index in [0.29, 0.717) is 24.3 Å². The molecule has 0 aliphatic carbocycles. The quantitative estimate of drug-likeness (QED) is 0.745. The molecule has 4 rings (SSSR count). The van der Waals surface area contributed by atoms with E-state index in [1.165, 1.54) is 21.1 Å². The molecule has 1 aromatic heterocycles. The highest BCUT2D eigenvalue weighted by atomic mass is 32.2. The molecular weight excluding hydrogens is 428 g/mol. The van der Waals surface area contributed by atoms with Gasteiger partial charge in [0, 0.05) is 39.4 Å². The number of para-hydroxylation sites is 1. The highest BCUT2D eigenvalue weighted by Gasteiger charge is 2.29. The Kier molecular flexibility index (Phi) is 6.66. The first-order valence-electron chi connectivity index (χ1n) is 11.2. The Balaban J connectivity index is 1.55. The van der Waals surface area contributed by atoms with Crippen molar-refractivity contribution in [1.82, 2.24) is 13.8 Å². The van der Waals surface area contributed by atoms with Gasteiger partial charge in [-0.15, -0.1) is 0 Å². The average Bonchev–Trinajstić information content (AvgIpc) is 3.23. The molecule has 0 radical (unpaired) electrons. The zero-order chi connectivity index (χ0) is 22.7. The Hall–Kier alpha value is -2.65. The minimum atomic E-state index is -3.63. The van der Waals surface area contributed by atoms with Gasteiger partial charge in [0.15, 0.2) is 0 Å². The molecule has 172 valence electrons. The number of anilines is 1. The van der Waals surface area contributed by atoms with Crippen molar-refractivity contribution in [1.29, 1.82) is 0 Å². The van der Waals surface area contributed by atoms with Gasteiger partial charge in [-0.25, -0.2) is 8.42 Å². The zero-order valence-electron chi connectivity index (χ0n) is 18.4. The Bertz CT molecular complexity index is 1100. The van der Waals surface area contributed by atoms with E-state index in [9.17, 15) is 18.0 Å². The van der Waals surface area contributed by atoms with Crippen LogP contribution in [0, 0.1) is 0 Å². The Morgan fingerprint density at radius 2 is 1.53 bits per heavy atom. The molecule has 32 heavy (non-hydrogen) atoms. The van der Waals surface area contributed by atoms with Crippen LogP contribution in [-0.4, -0.2) is 60.2 Å². The SMILES string of the molecule is Cn1cc(S(=O)(=O)N2CCCCC2)cc1C(=O)Nc1ccccc1C(=O)N1CCCCC1. The van der Waals surface area contributed by atoms with Gasteiger partial charge in [-0.2, -0.15) is 4.31 Å². The summed E-state index contributed by atoms with van der Waals surface area (Å²) >= 11 is 0. The molecule has 0 bridgehead atoms. The molecular formula is C23H30N4O4S. The summed E-state index contributed by atoms with van der Waals surface area (Å²) in [6, 6.07) is 8.36. The highest BCUT2D eigenvalue weighted by Crippen LogP contribution is 2.24. The third-order valence-electron chi connectivity index (χ3n) is 6.21. The van der Waals surface area contributed by atoms with Crippen molar-refractivity contribution < 1.29 is 18.0 Å². The van der Waals surface area contributed by atoms with E-state index in [1.807, 2.05) is 4.90 Å². The molecule has 0 unspecified atom stereocenters. The second-order valence-electron chi connectivity index (χ2n) is 8.49. The van der Waals surface area contributed by atoms with Crippen LogP contribution in [0.25, 0.3) is 0 Å². The van der Waals surface area contributed by atoms with Crippen LogP contribution in [0.2, 0.25) is 0 Å². The monoisotopic (exact) mass is 458 g/mol. The standard InChI is InChI=1S/C23H30N4O4S/c1-25-17-18(32(30,31)27-14-8-3-9-15-27)16-21(25)22(28)24-20-11-5-4-10-19(20)23(29)26-12-6-2-7-13-26/h4-5,10-11,16-17H,2-3,6-9,12-15H2,1H3,(H,24,28). The van der Waals surface area contributed by atoms with Crippen molar-refractivity contribution in [3.05, 3.63) is 47.8 Å². The van der Waals surface area contributed by atoms with Crippen LogP contribution in [0.4, 0.5) is 5.69 Å². The van der Waals surface area contributed by atoms with Crippen molar-refractivity contribution >= 4 is 27.5 Å². The molecule has 2 aliphatic heterocycles. The number of hydrogen-bond acceptors (Lipinski definition) is 4. The number of nitrogens with one attached hydrogen (secondary N) is 1. The number of aryl methyl sites for hydroxylation is 1. The van der Waals surface area contributed by atoms with Gasteiger partial charge in [-0.05, 0) is 50.3 Å². The third-order valence-corrected chi connectivity index (χ3v) is 8.08. The number of carbonyl (C=O) groups excluding carboxylic acids is 2. The van der Waals surface area contributed by atoms with Gasteiger partial charge in [0.25, 0.3) is 11.8 Å². The number of hydrogen-bond donors (Lipinski definition) is 1. The first-order chi connectivity index (χ1) is 15.4. The van der Waals surface area contributed by atoms with E-state index in [1.54, 1.807) is 31.3 Å². The summed E-state index contributed by atoms with van der Waals surface area (Å²) in [5, 5.41) is 2.82. The summed E-state index contributed by atoms with van der Waals surface area (Å²) in [6.45, 7) is 2.45. The van der Waals surface area contributed by atoms with Crippen LogP contribution in [0.15, 0.2) is 41.4 Å². The molecule has 0 spiro atoms. The molecule has 2 aliphatic rings. The van der Waals surface area contributed by atoms with E-state index in [0.717, 1.165) is 51.6 Å². The van der Waals surface area contributed by atoms with Crippen molar-refractivity contribution in [2.75, 3.05) is 31.5 Å². The van der Waals surface area contributed by atoms with Gasteiger partial charge in [0.05, 0.1) is 11.3 Å². The molecule has 2 aromatic rings. The minimum absolute atomic E-state index is 0.0964. The fourth-order valence-corrected chi connectivity index (χ4v) is 5.98. The maximum absolute atomic E-state index is 13.0. The first-order valence-corrected chi connectivity index (χ1v) is 12.7. The number of aromatic nitrogens is 1. The summed E-state index contributed by atoms with van der Waals surface area (Å²) in [7, 11) is -1.99. The predicted octanol–water partition coefficient (Wildman–Crippen LogP) is 3.08. The molecule has 2 amide bonds. The molecule has 1 aromatic carbocycles. The maximum atomic E-state index is 13.0. The molecule has 0 atom stereocenters. The van der Waals surface area contributed by atoms with E-state index >= 15 is 0 Å². The number of carbonyl (C=O) groups is 2. The lowest BCUT2D eigenvalue weighted by Crippen LogP contribution is -2.36. The van der Waals surface area contributed by atoms with Crippen LogP contribution < -0.4 is 5.32 Å². The number of rotatable bonds is 5. The number of piperidine rings is 2. The molecule has 9 heteroatoms. The fourth-order valence-electron chi connectivity index (χ4n) is 4.39. The van der Waals surface area contributed by atoms with Gasteiger partial charge < -0.3 is 14.8 Å². The van der Waals surface area contributed by atoms with Crippen molar-refractivity contribution in [3.8, 4) is 0 Å². The topological polar surface area (TPSA) is 91.7 Å². The van der Waals surface area contributed by atoms with Crippen molar-refractivity contribution in [2.45, 2.75) is 43.4 Å². The number of nitrogens with zero attached hydrogens (tertiary/aromatic N) is 3. The maximum Gasteiger partial charge on any atom is 0.272 e. The second-order valence-corrected chi connectivity index (χ2v) is 10.4. The zero-order valence-corrected chi connectivity index (χ0v) is 19.2. The fraction of sp³-hybridized carbons (Fsp3) is 0.478. The van der Waals surface area contributed by atoms with Gasteiger partial charge in [0.2, 0.25) is 10.0 Å². The predicted molar refractivity (Wildman–Crippen MR) is 122 cm³/mol. The van der Waals surface area contributed by atoms with E-state index < -0.39 is 15.9 Å². The van der Waals surface area contributed by atoms with Gasteiger partial charge in [0.1, 0.15) is 10.6 Å². The van der Waals surface area contributed by atoms with Crippen molar-refractivity contribution in [3.63, 3.8) is 0 Å². The average molecular weight is 459 g/mol. The summed E-state index contributed by atoms with van der Waals surface area (Å²) < 4.78 is 29.0. The Morgan fingerprint density at radius 1 is 0.906 bits per heavy atom. The van der Waals surface area contributed by atoms with Gasteiger partial charge in [-0.1, -0.05) is 18.6 Å². The number of sulfonamides is 1. The van der Waals surface area contributed by atoms with E-state index in [-0.39, 0.29) is 16.5 Å². The van der Waals surface area contributed by atoms with Crippen LogP contribution in [0.1, 0.15) is 59.4 Å². The smallest absolute Gasteiger partial charge is 0.272 e. The molecule has 3 heterocycles. The lowest BCUT2D eigenvalue weighted by Gasteiger charge is -2.27. The molecule has 2 saturated heterocycles. The second kappa shape index (κ2) is 9.46. The Morgan fingerprint density at radius 3 is 2.22 bits per heavy atom. The third kappa shape index (κ3) is 4.59. The number of amides is 2. The van der Waals surface area contributed by atoms with Crippen LogP contribution in [-0.2, 0) is 17.1 Å². The van der Waals surface area contributed by atoms with Gasteiger partial charge in [-0.3, -0.25) is 9.59 Å². The summed E-state index contributed by atoms with van der Waals surface area (Å²) in [4.78, 5) is 28.0. The lowest BCUT2D eigenvalue weighted by molar-refractivity contribution is 0.0725. The lowest BCUT2D eigenvalue weighted by atomic mass is 10.1. The van der Waals surface area contributed by atoms with E-state index in [4.69, 9.17) is 0 Å². The Labute approximate surface area is 189 Å². The summed E-state index contributed by atoms with van der Waals surface area (Å²) in [6.07, 6.45) is 7.30. The van der Waals surface area contributed by atoms with Gasteiger partial charge >= 0.3 is 0 Å². The first kappa shape index (κ1) is 22.5. The van der Waals surface area contributed by atoms with E-state index in [2.05, 4.69) is 5.32 Å². The summed E-state index contributed by atoms with van der Waals surface area (Å²) in [5.74, 6) is -0.549. The normalized spacial score (nSPS) is 17.8.